The van der Waals surface area contributed by atoms with Crippen molar-refractivity contribution in [1.82, 2.24) is 5.32 Å². The van der Waals surface area contributed by atoms with Gasteiger partial charge < -0.3 is 10.1 Å². The third-order valence-electron chi connectivity index (χ3n) is 4.43. The quantitative estimate of drug-likeness (QED) is 0.783. The maximum absolute atomic E-state index is 12.6. The normalized spacial score (nSPS) is 13.7. The van der Waals surface area contributed by atoms with Crippen LogP contribution < -0.4 is 10.1 Å². The Morgan fingerprint density at radius 2 is 1.74 bits per heavy atom. The molecule has 0 bridgehead atoms. The molecule has 1 amide bonds. The molecule has 0 unspecified atom stereocenters. The standard InChI is InChI=1S/C21H27NO4S/c1-6-19(26-20-12-7-14(2)13-15(20)3)21(23)22-16(4)17-8-10-18(11-9-17)27(5,24)25/h7-13,16,19H,6H2,1-5H3,(H,22,23)/t16-,19+/m1/s1. The fraction of sp³-hybridized carbons (Fsp3) is 0.381. The van der Waals surface area contributed by atoms with Crippen LogP contribution in [0.1, 0.15) is 43.0 Å². The van der Waals surface area contributed by atoms with E-state index in [0.717, 1.165) is 16.7 Å². The van der Waals surface area contributed by atoms with Crippen molar-refractivity contribution in [3.05, 3.63) is 59.2 Å². The van der Waals surface area contributed by atoms with E-state index in [-0.39, 0.29) is 16.8 Å². The fourth-order valence-electron chi connectivity index (χ4n) is 2.80. The van der Waals surface area contributed by atoms with Gasteiger partial charge in [-0.25, -0.2) is 8.42 Å². The van der Waals surface area contributed by atoms with Crippen LogP contribution in [0, 0.1) is 13.8 Å². The minimum absolute atomic E-state index is 0.197. The van der Waals surface area contributed by atoms with Crippen molar-refractivity contribution >= 4 is 15.7 Å². The number of aryl methyl sites for hydroxylation is 2. The number of nitrogens with one attached hydrogen (secondary N) is 1. The lowest BCUT2D eigenvalue weighted by molar-refractivity contribution is -0.128. The van der Waals surface area contributed by atoms with Crippen LogP contribution in [0.25, 0.3) is 0 Å². The lowest BCUT2D eigenvalue weighted by Gasteiger charge is -2.22. The van der Waals surface area contributed by atoms with Gasteiger partial charge in [0.2, 0.25) is 0 Å². The van der Waals surface area contributed by atoms with Gasteiger partial charge in [0.1, 0.15) is 5.75 Å². The maximum atomic E-state index is 12.6. The van der Waals surface area contributed by atoms with E-state index in [2.05, 4.69) is 5.32 Å². The molecular weight excluding hydrogens is 362 g/mol. The van der Waals surface area contributed by atoms with Crippen molar-refractivity contribution in [3.63, 3.8) is 0 Å². The van der Waals surface area contributed by atoms with E-state index >= 15 is 0 Å². The van der Waals surface area contributed by atoms with Crippen molar-refractivity contribution in [2.75, 3.05) is 6.26 Å². The van der Waals surface area contributed by atoms with Crippen molar-refractivity contribution < 1.29 is 17.9 Å². The Hall–Kier alpha value is -2.34. The predicted octanol–water partition coefficient (Wildman–Crippen LogP) is 3.74. The summed E-state index contributed by atoms with van der Waals surface area (Å²) < 4.78 is 29.0. The Morgan fingerprint density at radius 1 is 1.11 bits per heavy atom. The van der Waals surface area contributed by atoms with E-state index in [9.17, 15) is 13.2 Å². The second kappa shape index (κ2) is 8.57. The zero-order valence-corrected chi connectivity index (χ0v) is 17.3. The number of carbonyl (C=O) groups excluding carboxylic acids is 1. The highest BCUT2D eigenvalue weighted by molar-refractivity contribution is 7.90. The maximum Gasteiger partial charge on any atom is 0.261 e. The third-order valence-corrected chi connectivity index (χ3v) is 5.56. The number of sulfone groups is 1. The number of rotatable bonds is 7. The number of carbonyl (C=O) groups is 1. The summed E-state index contributed by atoms with van der Waals surface area (Å²) >= 11 is 0. The molecule has 0 aliphatic rings. The molecule has 146 valence electrons. The van der Waals surface area contributed by atoms with Gasteiger partial charge in [-0.2, -0.15) is 0 Å². The van der Waals surface area contributed by atoms with E-state index in [0.29, 0.717) is 12.2 Å². The highest BCUT2D eigenvalue weighted by Crippen LogP contribution is 2.22. The van der Waals surface area contributed by atoms with Gasteiger partial charge in [0.25, 0.3) is 5.91 Å². The zero-order valence-electron chi connectivity index (χ0n) is 16.4. The molecule has 0 heterocycles. The molecule has 2 rings (SSSR count). The van der Waals surface area contributed by atoms with Crippen LogP contribution in [0.2, 0.25) is 0 Å². The molecule has 2 atom stereocenters. The van der Waals surface area contributed by atoms with Gasteiger partial charge in [0.05, 0.1) is 10.9 Å². The Kier molecular flexibility index (Phi) is 6.65. The molecule has 0 spiro atoms. The van der Waals surface area contributed by atoms with Gasteiger partial charge in [-0.05, 0) is 56.5 Å². The molecule has 0 saturated heterocycles. The Morgan fingerprint density at radius 3 is 2.26 bits per heavy atom. The average Bonchev–Trinajstić information content (AvgIpc) is 2.60. The molecule has 0 aliphatic heterocycles. The predicted molar refractivity (Wildman–Crippen MR) is 107 cm³/mol. The highest BCUT2D eigenvalue weighted by Gasteiger charge is 2.21. The molecule has 2 aromatic carbocycles. The summed E-state index contributed by atoms with van der Waals surface area (Å²) in [6.45, 7) is 7.73. The number of amides is 1. The van der Waals surface area contributed by atoms with Crippen LogP contribution >= 0.6 is 0 Å². The summed E-state index contributed by atoms with van der Waals surface area (Å²) in [6.07, 6.45) is 1.12. The number of hydrogen-bond acceptors (Lipinski definition) is 4. The Balaban J connectivity index is 2.07. The minimum atomic E-state index is -3.23. The molecule has 1 N–H and O–H groups in total. The van der Waals surface area contributed by atoms with Gasteiger partial charge in [0, 0.05) is 6.26 Å². The number of ether oxygens (including phenoxy) is 1. The Bertz CT molecular complexity index is 904. The second-order valence-electron chi connectivity index (χ2n) is 6.86. The van der Waals surface area contributed by atoms with Gasteiger partial charge in [-0.15, -0.1) is 0 Å². The van der Waals surface area contributed by atoms with Crippen LogP contribution in [0.15, 0.2) is 47.4 Å². The molecule has 5 nitrogen and oxygen atoms in total. The average molecular weight is 390 g/mol. The molecule has 27 heavy (non-hydrogen) atoms. The summed E-state index contributed by atoms with van der Waals surface area (Å²) in [4.78, 5) is 12.9. The first-order chi connectivity index (χ1) is 12.6. The molecule has 2 aromatic rings. The summed E-state index contributed by atoms with van der Waals surface area (Å²) in [5, 5.41) is 2.94. The van der Waals surface area contributed by atoms with Crippen LogP contribution in [-0.4, -0.2) is 26.7 Å². The van der Waals surface area contributed by atoms with E-state index in [1.165, 1.54) is 6.26 Å². The summed E-state index contributed by atoms with van der Waals surface area (Å²) in [7, 11) is -3.23. The first kappa shape index (κ1) is 21.0. The van der Waals surface area contributed by atoms with Gasteiger partial charge in [-0.3, -0.25) is 4.79 Å². The van der Waals surface area contributed by atoms with Crippen LogP contribution in [0.3, 0.4) is 0 Å². The van der Waals surface area contributed by atoms with Crippen molar-refractivity contribution in [1.29, 1.82) is 0 Å². The van der Waals surface area contributed by atoms with E-state index in [1.54, 1.807) is 24.3 Å². The number of hydrogen-bond donors (Lipinski definition) is 1. The first-order valence-electron chi connectivity index (χ1n) is 8.96. The van der Waals surface area contributed by atoms with Gasteiger partial charge >= 0.3 is 0 Å². The fourth-order valence-corrected chi connectivity index (χ4v) is 3.43. The van der Waals surface area contributed by atoms with E-state index in [1.807, 2.05) is 45.9 Å². The Labute approximate surface area is 161 Å². The molecular formula is C21H27NO4S. The number of benzene rings is 2. The van der Waals surface area contributed by atoms with Crippen LogP contribution in [-0.2, 0) is 14.6 Å². The summed E-state index contributed by atoms with van der Waals surface area (Å²) in [5.74, 6) is 0.505. The molecule has 6 heteroatoms. The van der Waals surface area contributed by atoms with E-state index < -0.39 is 15.9 Å². The highest BCUT2D eigenvalue weighted by atomic mass is 32.2. The van der Waals surface area contributed by atoms with Crippen molar-refractivity contribution in [2.24, 2.45) is 0 Å². The molecule has 0 saturated carbocycles. The monoisotopic (exact) mass is 389 g/mol. The lowest BCUT2D eigenvalue weighted by Crippen LogP contribution is -2.39. The van der Waals surface area contributed by atoms with Crippen LogP contribution in [0.4, 0.5) is 0 Å². The molecule has 0 aromatic heterocycles. The molecule has 0 radical (unpaired) electrons. The smallest absolute Gasteiger partial charge is 0.261 e. The minimum Gasteiger partial charge on any atom is -0.480 e. The summed E-state index contributed by atoms with van der Waals surface area (Å²) in [6, 6.07) is 12.1. The first-order valence-corrected chi connectivity index (χ1v) is 10.8. The molecule has 0 fully saturated rings. The van der Waals surface area contributed by atoms with E-state index in [4.69, 9.17) is 4.74 Å². The molecule has 0 aliphatic carbocycles. The topological polar surface area (TPSA) is 72.5 Å². The second-order valence-corrected chi connectivity index (χ2v) is 8.87. The lowest BCUT2D eigenvalue weighted by atomic mass is 10.1. The van der Waals surface area contributed by atoms with Gasteiger partial charge in [0.15, 0.2) is 15.9 Å². The zero-order chi connectivity index (χ0) is 20.2. The van der Waals surface area contributed by atoms with Gasteiger partial charge in [-0.1, -0.05) is 36.8 Å². The largest absolute Gasteiger partial charge is 0.480 e. The van der Waals surface area contributed by atoms with Crippen molar-refractivity contribution in [2.45, 2.75) is 51.2 Å². The summed E-state index contributed by atoms with van der Waals surface area (Å²) in [5.41, 5.74) is 2.96. The third kappa shape index (κ3) is 5.57. The van der Waals surface area contributed by atoms with Crippen molar-refractivity contribution in [3.8, 4) is 5.75 Å². The van der Waals surface area contributed by atoms with Crippen LogP contribution in [0.5, 0.6) is 5.75 Å². The SMILES string of the molecule is CC[C@H](Oc1ccc(C)cc1C)C(=O)N[C@H](C)c1ccc(S(C)(=O)=O)cc1.